The molecule has 0 aliphatic heterocycles. The van der Waals surface area contributed by atoms with Crippen LogP contribution < -0.4 is 4.90 Å². The van der Waals surface area contributed by atoms with Crippen LogP contribution in [0.2, 0.25) is 0 Å². The number of hydrogen-bond acceptors (Lipinski definition) is 5. The molecular formula is C27H26F9N5O. The lowest BCUT2D eigenvalue weighted by atomic mass is 9.74. The summed E-state index contributed by atoms with van der Waals surface area (Å²) in [6.07, 6.45) is -11.6. The number of carbonyl (C=O) groups excluding carboxylic acids is 1. The van der Waals surface area contributed by atoms with Crippen LogP contribution in [0.3, 0.4) is 0 Å². The second-order valence-electron chi connectivity index (χ2n) is 10.4. The lowest BCUT2D eigenvalue weighted by Crippen LogP contribution is -2.27. The molecule has 1 heterocycles. The van der Waals surface area contributed by atoms with Crippen molar-refractivity contribution in [2.24, 2.45) is 13.0 Å². The average Bonchev–Trinajstić information content (AvgIpc) is 3.33. The van der Waals surface area contributed by atoms with Crippen LogP contribution in [-0.4, -0.2) is 26.5 Å². The Morgan fingerprint density at radius 2 is 1.50 bits per heavy atom. The van der Waals surface area contributed by atoms with Crippen molar-refractivity contribution in [3.63, 3.8) is 0 Å². The van der Waals surface area contributed by atoms with Gasteiger partial charge in [0.1, 0.15) is 6.29 Å². The van der Waals surface area contributed by atoms with Crippen molar-refractivity contribution >= 4 is 12.2 Å². The minimum Gasteiger partial charge on any atom is -0.330 e. The lowest BCUT2D eigenvalue weighted by Gasteiger charge is -2.32. The van der Waals surface area contributed by atoms with Gasteiger partial charge < -0.3 is 9.69 Å². The van der Waals surface area contributed by atoms with Crippen LogP contribution in [0.4, 0.5) is 45.5 Å². The maximum atomic E-state index is 13.9. The number of tetrazole rings is 1. The van der Waals surface area contributed by atoms with Crippen molar-refractivity contribution in [1.82, 2.24) is 20.2 Å². The van der Waals surface area contributed by atoms with E-state index in [1.54, 1.807) is 0 Å². The third kappa shape index (κ3) is 7.04. The number of anilines is 1. The molecule has 3 aromatic rings. The van der Waals surface area contributed by atoms with E-state index in [1.807, 2.05) is 0 Å². The fraction of sp³-hybridized carbons (Fsp3) is 0.481. The molecule has 0 spiro atoms. The number of aryl methyl sites for hydroxylation is 2. The van der Waals surface area contributed by atoms with Gasteiger partial charge in [-0.25, -0.2) is 0 Å². The van der Waals surface area contributed by atoms with Gasteiger partial charge in [-0.15, -0.1) is 5.10 Å². The van der Waals surface area contributed by atoms with Crippen LogP contribution in [0.5, 0.6) is 0 Å². The summed E-state index contributed by atoms with van der Waals surface area (Å²) in [5.74, 6) is -1.11. The third-order valence-electron chi connectivity index (χ3n) is 7.35. The summed E-state index contributed by atoms with van der Waals surface area (Å²) in [6, 6.07) is 3.35. The molecule has 0 radical (unpaired) electrons. The van der Waals surface area contributed by atoms with Crippen LogP contribution in [0, 0.1) is 12.8 Å². The van der Waals surface area contributed by atoms with E-state index >= 15 is 0 Å². The number of benzene rings is 2. The molecule has 228 valence electrons. The van der Waals surface area contributed by atoms with E-state index in [-0.39, 0.29) is 23.1 Å². The number of aldehydes is 1. The Kier molecular flexibility index (Phi) is 8.61. The van der Waals surface area contributed by atoms with Gasteiger partial charge in [0.2, 0.25) is 0 Å². The molecule has 2 atom stereocenters. The standard InChI is InChI=1S/C27H26F9N5O/c1-15-7-22(21-6-4-3-5-17(21)14-42)18(10-23(15)27(34,35)36)13-41(24-37-39-40(2)38-24)12-16-8-19(25(28,29)30)11-20(9-16)26(31,32)33/h7-11,14,17,21H,3-6,12-13H2,1-2H3. The van der Waals surface area contributed by atoms with Crippen molar-refractivity contribution < 1.29 is 44.3 Å². The van der Waals surface area contributed by atoms with Gasteiger partial charge in [0.05, 0.1) is 23.7 Å². The fourth-order valence-corrected chi connectivity index (χ4v) is 5.41. The molecule has 6 nitrogen and oxygen atoms in total. The highest BCUT2D eigenvalue weighted by molar-refractivity contribution is 5.57. The van der Waals surface area contributed by atoms with Crippen LogP contribution in [-0.2, 0) is 43.5 Å². The van der Waals surface area contributed by atoms with E-state index in [9.17, 15) is 44.3 Å². The van der Waals surface area contributed by atoms with Gasteiger partial charge in [-0.3, -0.25) is 0 Å². The summed E-state index contributed by atoms with van der Waals surface area (Å²) in [6.45, 7) is 0.261. The second-order valence-corrected chi connectivity index (χ2v) is 10.4. The summed E-state index contributed by atoms with van der Waals surface area (Å²) >= 11 is 0. The quantitative estimate of drug-likeness (QED) is 0.209. The number of hydrogen-bond donors (Lipinski definition) is 0. The van der Waals surface area contributed by atoms with Crippen molar-refractivity contribution in [2.45, 2.75) is 70.1 Å². The summed E-state index contributed by atoms with van der Waals surface area (Å²) in [5.41, 5.74) is -3.97. The summed E-state index contributed by atoms with van der Waals surface area (Å²) in [5, 5.41) is 11.5. The van der Waals surface area contributed by atoms with E-state index in [0.29, 0.717) is 30.5 Å². The van der Waals surface area contributed by atoms with Crippen LogP contribution in [0.1, 0.15) is 70.5 Å². The number of nitrogens with zero attached hydrogens (tertiary/aromatic N) is 5. The average molecular weight is 608 g/mol. The topological polar surface area (TPSA) is 63.9 Å². The normalized spacial score (nSPS) is 18.3. The zero-order valence-electron chi connectivity index (χ0n) is 22.4. The van der Waals surface area contributed by atoms with Gasteiger partial charge in [-0.1, -0.05) is 24.0 Å². The molecule has 1 saturated carbocycles. The van der Waals surface area contributed by atoms with Crippen molar-refractivity contribution in [3.05, 3.63) is 69.3 Å². The van der Waals surface area contributed by atoms with Crippen molar-refractivity contribution in [1.29, 1.82) is 0 Å². The molecule has 1 aliphatic carbocycles. The Hall–Kier alpha value is -3.65. The zero-order valence-corrected chi connectivity index (χ0v) is 22.4. The minimum absolute atomic E-state index is 0.00919. The van der Waals surface area contributed by atoms with Crippen molar-refractivity contribution in [2.75, 3.05) is 4.90 Å². The summed E-state index contributed by atoms with van der Waals surface area (Å²) in [4.78, 5) is 14.0. The zero-order chi connectivity index (χ0) is 31.0. The van der Waals surface area contributed by atoms with Gasteiger partial charge >= 0.3 is 18.5 Å². The number of aromatic nitrogens is 4. The Labute approximate surface area is 234 Å². The molecule has 2 unspecified atom stereocenters. The highest BCUT2D eigenvalue weighted by Gasteiger charge is 2.38. The molecule has 4 rings (SSSR count). The number of halogens is 9. The first-order chi connectivity index (χ1) is 19.5. The van der Waals surface area contributed by atoms with E-state index in [2.05, 4.69) is 15.4 Å². The summed E-state index contributed by atoms with van der Waals surface area (Å²) in [7, 11) is 1.37. The molecule has 1 fully saturated rings. The number of carbonyl (C=O) groups is 1. The monoisotopic (exact) mass is 607 g/mol. The molecule has 0 bridgehead atoms. The van der Waals surface area contributed by atoms with E-state index < -0.39 is 65.7 Å². The smallest absolute Gasteiger partial charge is 0.330 e. The SMILES string of the molecule is Cc1cc(C2CCCCC2C=O)c(CN(Cc2cc(C(F)(F)F)cc(C(F)(F)F)c2)c2nnn(C)n2)cc1C(F)(F)F. The third-order valence-corrected chi connectivity index (χ3v) is 7.35. The highest BCUT2D eigenvalue weighted by atomic mass is 19.4. The first-order valence-electron chi connectivity index (χ1n) is 12.9. The molecule has 0 amide bonds. The maximum absolute atomic E-state index is 13.9. The lowest BCUT2D eigenvalue weighted by molar-refractivity contribution is -0.143. The second kappa shape index (κ2) is 11.6. The molecule has 1 aromatic heterocycles. The predicted molar refractivity (Wildman–Crippen MR) is 132 cm³/mol. The first kappa shape index (κ1) is 31.3. The number of alkyl halides is 9. The van der Waals surface area contributed by atoms with Gasteiger partial charge in [-0.2, -0.15) is 44.3 Å². The van der Waals surface area contributed by atoms with Crippen LogP contribution >= 0.6 is 0 Å². The number of rotatable bonds is 7. The molecule has 42 heavy (non-hydrogen) atoms. The van der Waals surface area contributed by atoms with E-state index in [1.165, 1.54) is 20.0 Å². The van der Waals surface area contributed by atoms with Gasteiger partial charge in [0, 0.05) is 19.0 Å². The van der Waals surface area contributed by atoms with Crippen LogP contribution in [0.25, 0.3) is 0 Å². The molecule has 0 N–H and O–H groups in total. The fourth-order valence-electron chi connectivity index (χ4n) is 5.41. The molecule has 2 aromatic carbocycles. The van der Waals surface area contributed by atoms with Gasteiger partial charge in [0.15, 0.2) is 0 Å². The Bertz CT molecular complexity index is 1400. The minimum atomic E-state index is -5.10. The predicted octanol–water partition coefficient (Wildman–Crippen LogP) is 7.25. The van der Waals surface area contributed by atoms with E-state index in [4.69, 9.17) is 0 Å². The maximum Gasteiger partial charge on any atom is 0.416 e. The van der Waals surface area contributed by atoms with E-state index in [0.717, 1.165) is 34.9 Å². The highest BCUT2D eigenvalue weighted by Crippen LogP contribution is 2.42. The molecular weight excluding hydrogens is 581 g/mol. The Balaban J connectivity index is 1.85. The van der Waals surface area contributed by atoms with Crippen LogP contribution in [0.15, 0.2) is 30.3 Å². The Morgan fingerprint density at radius 3 is 2.02 bits per heavy atom. The summed E-state index contributed by atoms with van der Waals surface area (Å²) < 4.78 is 123. The van der Waals surface area contributed by atoms with Crippen molar-refractivity contribution in [3.8, 4) is 0 Å². The first-order valence-corrected chi connectivity index (χ1v) is 12.9. The largest absolute Gasteiger partial charge is 0.416 e. The molecule has 15 heteroatoms. The van der Waals surface area contributed by atoms with Gasteiger partial charge in [-0.05, 0) is 77.4 Å². The Morgan fingerprint density at radius 1 is 0.881 bits per heavy atom. The molecule has 1 aliphatic rings. The van der Waals surface area contributed by atoms with Gasteiger partial charge in [0.25, 0.3) is 5.95 Å². The molecule has 0 saturated heterocycles.